The van der Waals surface area contributed by atoms with Crippen molar-refractivity contribution in [2.75, 3.05) is 38.1 Å². The molecule has 1 N–H and O–H groups in total. The van der Waals surface area contributed by atoms with Crippen LogP contribution in [0, 0.1) is 5.13 Å². The highest BCUT2D eigenvalue weighted by atomic mass is 32.1. The van der Waals surface area contributed by atoms with Crippen molar-refractivity contribution in [2.45, 2.75) is 0 Å². The standard InChI is InChI=1S/C15H16FN3O2S/c1-18-6-8-19(9-7-18)15-17-12(13(16)22-15)10-2-4-11(5-3-10)14(20)21/h2-5H,6-9H2,1H3,(H,20,21). The van der Waals surface area contributed by atoms with Crippen molar-refractivity contribution in [3.63, 3.8) is 0 Å². The third-order valence-electron chi connectivity index (χ3n) is 3.75. The first-order chi connectivity index (χ1) is 10.5. The molecule has 5 nitrogen and oxygen atoms in total. The minimum Gasteiger partial charge on any atom is -0.478 e. The first-order valence-corrected chi connectivity index (χ1v) is 7.80. The third kappa shape index (κ3) is 2.95. The normalized spacial score (nSPS) is 16.0. The number of halogens is 1. The van der Waals surface area contributed by atoms with Crippen LogP contribution in [0.1, 0.15) is 10.4 Å². The zero-order valence-electron chi connectivity index (χ0n) is 12.1. The minimum atomic E-state index is -0.997. The number of piperazine rings is 1. The number of rotatable bonds is 3. The summed E-state index contributed by atoms with van der Waals surface area (Å²) in [6.45, 7) is 3.54. The molecule has 0 amide bonds. The number of carboxylic acids is 1. The van der Waals surface area contributed by atoms with Gasteiger partial charge in [-0.15, -0.1) is 0 Å². The molecular formula is C15H16FN3O2S. The van der Waals surface area contributed by atoms with E-state index in [1.54, 1.807) is 12.1 Å². The van der Waals surface area contributed by atoms with Crippen LogP contribution < -0.4 is 4.90 Å². The number of likely N-dealkylation sites (N-methyl/N-ethyl adjacent to an activating group) is 1. The molecule has 0 radical (unpaired) electrons. The van der Waals surface area contributed by atoms with Crippen LogP contribution in [-0.2, 0) is 0 Å². The third-order valence-corrected chi connectivity index (χ3v) is 4.66. The van der Waals surface area contributed by atoms with Gasteiger partial charge < -0.3 is 14.9 Å². The van der Waals surface area contributed by atoms with Gasteiger partial charge in [-0.05, 0) is 19.2 Å². The average molecular weight is 321 g/mol. The molecule has 1 aliphatic rings. The van der Waals surface area contributed by atoms with Crippen molar-refractivity contribution in [3.8, 4) is 11.3 Å². The van der Waals surface area contributed by atoms with Gasteiger partial charge in [-0.25, -0.2) is 9.78 Å². The number of benzene rings is 1. The molecule has 1 aromatic carbocycles. The zero-order valence-corrected chi connectivity index (χ0v) is 12.9. The second-order valence-electron chi connectivity index (χ2n) is 5.29. The van der Waals surface area contributed by atoms with E-state index in [1.165, 1.54) is 12.1 Å². The monoisotopic (exact) mass is 321 g/mol. The lowest BCUT2D eigenvalue weighted by Gasteiger charge is -2.31. The molecule has 1 saturated heterocycles. The molecule has 1 aliphatic heterocycles. The molecule has 0 atom stereocenters. The van der Waals surface area contributed by atoms with E-state index in [0.29, 0.717) is 10.7 Å². The number of hydrogen-bond donors (Lipinski definition) is 1. The van der Waals surface area contributed by atoms with Crippen LogP contribution in [0.4, 0.5) is 9.52 Å². The first-order valence-electron chi connectivity index (χ1n) is 6.98. The first kappa shape index (κ1) is 14.9. The van der Waals surface area contributed by atoms with Gasteiger partial charge >= 0.3 is 5.97 Å². The maximum atomic E-state index is 14.2. The quantitative estimate of drug-likeness (QED) is 0.941. The number of hydrogen-bond acceptors (Lipinski definition) is 5. The molecule has 0 bridgehead atoms. The van der Waals surface area contributed by atoms with Gasteiger partial charge in [-0.3, -0.25) is 0 Å². The van der Waals surface area contributed by atoms with E-state index in [-0.39, 0.29) is 16.4 Å². The maximum absolute atomic E-state index is 14.2. The van der Waals surface area contributed by atoms with Crippen molar-refractivity contribution >= 4 is 22.4 Å². The highest BCUT2D eigenvalue weighted by Crippen LogP contribution is 2.32. The molecule has 22 heavy (non-hydrogen) atoms. The Balaban J connectivity index is 1.84. The second-order valence-corrected chi connectivity index (χ2v) is 6.22. The van der Waals surface area contributed by atoms with E-state index in [2.05, 4.69) is 21.8 Å². The van der Waals surface area contributed by atoms with Gasteiger partial charge in [0.15, 0.2) is 5.13 Å². The summed E-state index contributed by atoms with van der Waals surface area (Å²) in [5.41, 5.74) is 1.06. The Morgan fingerprint density at radius 1 is 1.23 bits per heavy atom. The molecule has 116 valence electrons. The number of nitrogens with zero attached hydrogens (tertiary/aromatic N) is 3. The average Bonchev–Trinajstić information content (AvgIpc) is 2.90. The highest BCUT2D eigenvalue weighted by molar-refractivity contribution is 7.14. The summed E-state index contributed by atoms with van der Waals surface area (Å²) in [6.07, 6.45) is 0. The Bertz CT molecular complexity index is 679. The Morgan fingerprint density at radius 2 is 1.86 bits per heavy atom. The van der Waals surface area contributed by atoms with Crippen molar-refractivity contribution in [1.82, 2.24) is 9.88 Å². The Labute approximate surface area is 131 Å². The summed E-state index contributed by atoms with van der Waals surface area (Å²) < 4.78 is 14.2. The molecule has 2 aromatic rings. The molecule has 0 unspecified atom stereocenters. The molecule has 2 heterocycles. The lowest BCUT2D eigenvalue weighted by Crippen LogP contribution is -2.44. The van der Waals surface area contributed by atoms with Crippen LogP contribution in [-0.4, -0.2) is 54.2 Å². The van der Waals surface area contributed by atoms with Crippen LogP contribution in [0.15, 0.2) is 24.3 Å². The lowest BCUT2D eigenvalue weighted by atomic mass is 10.1. The van der Waals surface area contributed by atoms with Crippen molar-refractivity contribution in [3.05, 3.63) is 35.0 Å². The number of carbonyl (C=O) groups is 1. The van der Waals surface area contributed by atoms with E-state index in [0.717, 1.165) is 37.5 Å². The number of aromatic nitrogens is 1. The Morgan fingerprint density at radius 3 is 2.45 bits per heavy atom. The minimum absolute atomic E-state index is 0.179. The fourth-order valence-corrected chi connectivity index (χ4v) is 3.24. The Hall–Kier alpha value is -1.99. The van der Waals surface area contributed by atoms with Crippen molar-refractivity contribution in [2.24, 2.45) is 0 Å². The summed E-state index contributed by atoms with van der Waals surface area (Å²) in [4.78, 5) is 19.6. The SMILES string of the molecule is CN1CCN(c2nc(-c3ccc(C(=O)O)cc3)c(F)s2)CC1. The van der Waals surface area contributed by atoms with Gasteiger partial charge in [0.2, 0.25) is 5.13 Å². The van der Waals surface area contributed by atoms with Gasteiger partial charge in [0.25, 0.3) is 0 Å². The lowest BCUT2D eigenvalue weighted by molar-refractivity contribution is 0.0697. The fourth-order valence-electron chi connectivity index (χ4n) is 2.37. The molecule has 3 rings (SSSR count). The predicted molar refractivity (Wildman–Crippen MR) is 84.2 cm³/mol. The second kappa shape index (κ2) is 6.02. The van der Waals surface area contributed by atoms with Crippen molar-refractivity contribution in [1.29, 1.82) is 0 Å². The van der Waals surface area contributed by atoms with Gasteiger partial charge in [0.1, 0.15) is 5.69 Å². The van der Waals surface area contributed by atoms with Crippen LogP contribution >= 0.6 is 11.3 Å². The topological polar surface area (TPSA) is 56.7 Å². The number of thiazole rings is 1. The number of anilines is 1. The van der Waals surface area contributed by atoms with E-state index in [1.807, 2.05) is 0 Å². The largest absolute Gasteiger partial charge is 0.478 e. The maximum Gasteiger partial charge on any atom is 0.335 e. The number of aromatic carboxylic acids is 1. The van der Waals surface area contributed by atoms with Crippen LogP contribution in [0.5, 0.6) is 0 Å². The van der Waals surface area contributed by atoms with Gasteiger partial charge in [0, 0.05) is 31.7 Å². The fraction of sp³-hybridized carbons (Fsp3) is 0.333. The Kier molecular flexibility index (Phi) is 4.08. The van der Waals surface area contributed by atoms with E-state index in [4.69, 9.17) is 5.11 Å². The smallest absolute Gasteiger partial charge is 0.335 e. The number of carboxylic acid groups (broad SMARTS) is 1. The molecule has 0 saturated carbocycles. The molecule has 0 spiro atoms. The summed E-state index contributed by atoms with van der Waals surface area (Å²) in [5, 5.41) is 9.25. The van der Waals surface area contributed by atoms with Gasteiger partial charge in [0.05, 0.1) is 5.56 Å². The van der Waals surface area contributed by atoms with Crippen LogP contribution in [0.2, 0.25) is 0 Å². The van der Waals surface area contributed by atoms with Crippen LogP contribution in [0.3, 0.4) is 0 Å². The van der Waals surface area contributed by atoms with Gasteiger partial charge in [-0.1, -0.05) is 23.5 Å². The summed E-state index contributed by atoms with van der Waals surface area (Å²) >= 11 is 1.04. The van der Waals surface area contributed by atoms with E-state index in [9.17, 15) is 9.18 Å². The van der Waals surface area contributed by atoms with Gasteiger partial charge in [-0.2, -0.15) is 4.39 Å². The highest BCUT2D eigenvalue weighted by Gasteiger charge is 2.21. The van der Waals surface area contributed by atoms with E-state index >= 15 is 0 Å². The van der Waals surface area contributed by atoms with E-state index < -0.39 is 5.97 Å². The molecule has 0 aliphatic carbocycles. The molecular weight excluding hydrogens is 305 g/mol. The van der Waals surface area contributed by atoms with Crippen molar-refractivity contribution < 1.29 is 14.3 Å². The molecule has 1 fully saturated rings. The summed E-state index contributed by atoms with van der Waals surface area (Å²) in [5.74, 6) is -0.997. The predicted octanol–water partition coefficient (Wildman–Crippen LogP) is 2.40. The van der Waals surface area contributed by atoms with Crippen LogP contribution in [0.25, 0.3) is 11.3 Å². The summed E-state index contributed by atoms with van der Waals surface area (Å²) in [6, 6.07) is 6.11. The molecule has 1 aromatic heterocycles. The zero-order chi connectivity index (χ0) is 15.7. The molecule has 7 heteroatoms. The summed E-state index contributed by atoms with van der Waals surface area (Å²) in [7, 11) is 2.06.